The minimum atomic E-state index is 0.940. The van der Waals surface area contributed by atoms with Crippen molar-refractivity contribution >= 4 is 0 Å². The largest absolute Gasteiger partial charge is 0.0859 e. The topological polar surface area (TPSA) is 0 Å². The fraction of sp³-hybridized carbons (Fsp3) is 0.867. The molecule has 0 bridgehead atoms. The van der Waals surface area contributed by atoms with E-state index >= 15 is 0 Å². The van der Waals surface area contributed by atoms with E-state index in [1.165, 1.54) is 56.9 Å². The Labute approximate surface area is 97.2 Å². The lowest BCUT2D eigenvalue weighted by Crippen LogP contribution is -1.91. The van der Waals surface area contributed by atoms with Gasteiger partial charge in [0.1, 0.15) is 0 Å². The molecule has 0 aliphatic carbocycles. The summed E-state index contributed by atoms with van der Waals surface area (Å²) in [4.78, 5) is 0. The highest BCUT2D eigenvalue weighted by atomic mass is 14.0. The van der Waals surface area contributed by atoms with E-state index in [1.807, 2.05) is 0 Å². The van der Waals surface area contributed by atoms with Crippen LogP contribution in [0.4, 0.5) is 0 Å². The average molecular weight is 210 g/mol. The minimum absolute atomic E-state index is 0.940. The van der Waals surface area contributed by atoms with E-state index < -0.39 is 0 Å². The molecule has 0 amide bonds. The predicted octanol–water partition coefficient (Wildman–Crippen LogP) is 5.73. The Bertz CT molecular complexity index is 151. The molecule has 0 nitrogen and oxygen atoms in total. The van der Waals surface area contributed by atoms with Gasteiger partial charge in [-0.3, -0.25) is 0 Å². The van der Waals surface area contributed by atoms with E-state index in [9.17, 15) is 0 Å². The zero-order chi connectivity index (χ0) is 11.5. The van der Waals surface area contributed by atoms with Crippen LogP contribution in [0.1, 0.15) is 79.1 Å². The molecule has 0 rings (SSSR count). The highest BCUT2D eigenvalue weighted by molar-refractivity contribution is 4.92. The Balaban J connectivity index is 3.08. The van der Waals surface area contributed by atoms with Gasteiger partial charge in [-0.1, -0.05) is 64.0 Å². The fourth-order valence-corrected chi connectivity index (χ4v) is 1.76. The lowest BCUT2D eigenvalue weighted by molar-refractivity contribution is 0.473. The summed E-state index contributed by atoms with van der Waals surface area (Å²) in [5.41, 5.74) is 1.46. The number of unbranched alkanes of at least 4 members (excludes halogenated alkanes) is 5. The molecule has 0 aromatic rings. The van der Waals surface area contributed by atoms with E-state index in [2.05, 4.69) is 33.8 Å². The van der Waals surface area contributed by atoms with Crippen LogP contribution in [0.3, 0.4) is 0 Å². The van der Waals surface area contributed by atoms with Crippen molar-refractivity contribution in [2.45, 2.75) is 79.1 Å². The molecule has 0 saturated heterocycles. The molecule has 0 N–H and O–H groups in total. The summed E-state index contributed by atoms with van der Waals surface area (Å²) in [6, 6.07) is 0. The van der Waals surface area contributed by atoms with Crippen molar-refractivity contribution in [1.29, 1.82) is 0 Å². The number of allylic oxidation sites excluding steroid dienone is 2. The highest BCUT2D eigenvalue weighted by Crippen LogP contribution is 2.14. The van der Waals surface area contributed by atoms with Crippen LogP contribution < -0.4 is 0 Å². The van der Waals surface area contributed by atoms with Crippen molar-refractivity contribution in [2.24, 2.45) is 5.92 Å². The van der Waals surface area contributed by atoms with Gasteiger partial charge in [-0.05, 0) is 32.6 Å². The lowest BCUT2D eigenvalue weighted by atomic mass is 10.00. The first-order chi connectivity index (χ1) is 7.16. The van der Waals surface area contributed by atoms with Crippen LogP contribution in [0.2, 0.25) is 0 Å². The monoisotopic (exact) mass is 210 g/mol. The van der Waals surface area contributed by atoms with Gasteiger partial charge < -0.3 is 0 Å². The third-order valence-electron chi connectivity index (χ3n) is 3.15. The van der Waals surface area contributed by atoms with Gasteiger partial charge in [0, 0.05) is 0 Å². The third-order valence-corrected chi connectivity index (χ3v) is 3.15. The van der Waals surface area contributed by atoms with Gasteiger partial charge in [0.05, 0.1) is 0 Å². The average Bonchev–Trinajstić information content (AvgIpc) is 2.21. The Morgan fingerprint density at radius 1 is 1.00 bits per heavy atom. The van der Waals surface area contributed by atoms with Crippen LogP contribution in [-0.4, -0.2) is 0 Å². The van der Waals surface area contributed by atoms with Gasteiger partial charge in [0.15, 0.2) is 0 Å². The van der Waals surface area contributed by atoms with Gasteiger partial charge in [-0.25, -0.2) is 0 Å². The summed E-state index contributed by atoms with van der Waals surface area (Å²) in [7, 11) is 0. The van der Waals surface area contributed by atoms with Crippen LogP contribution in [0, 0.1) is 5.92 Å². The molecule has 1 atom stereocenters. The summed E-state index contributed by atoms with van der Waals surface area (Å²) in [5.74, 6) is 0.940. The second kappa shape index (κ2) is 10.3. The molecule has 0 saturated carbocycles. The van der Waals surface area contributed by atoms with E-state index in [0.717, 1.165) is 5.92 Å². The van der Waals surface area contributed by atoms with Crippen LogP contribution >= 0.6 is 0 Å². The first kappa shape index (κ1) is 14.7. The van der Waals surface area contributed by atoms with Gasteiger partial charge in [-0.2, -0.15) is 0 Å². The maximum absolute atomic E-state index is 2.37. The third kappa shape index (κ3) is 11.7. The van der Waals surface area contributed by atoms with Crippen LogP contribution in [0.25, 0.3) is 0 Å². The van der Waals surface area contributed by atoms with Gasteiger partial charge in [-0.15, -0.1) is 0 Å². The number of rotatable bonds is 9. The Morgan fingerprint density at radius 2 is 1.60 bits per heavy atom. The predicted molar refractivity (Wildman–Crippen MR) is 71.2 cm³/mol. The van der Waals surface area contributed by atoms with Crippen LogP contribution in [0.5, 0.6) is 0 Å². The maximum atomic E-state index is 2.37. The molecule has 15 heavy (non-hydrogen) atoms. The molecule has 0 radical (unpaired) electrons. The number of hydrogen-bond donors (Lipinski definition) is 0. The molecule has 0 aromatic carbocycles. The van der Waals surface area contributed by atoms with Crippen molar-refractivity contribution in [3.05, 3.63) is 11.6 Å². The fourth-order valence-electron chi connectivity index (χ4n) is 1.76. The molecular weight excluding hydrogens is 180 g/mol. The van der Waals surface area contributed by atoms with Crippen molar-refractivity contribution in [1.82, 2.24) is 0 Å². The second-order valence-electron chi connectivity index (χ2n) is 5.14. The summed E-state index contributed by atoms with van der Waals surface area (Å²) >= 11 is 0. The summed E-state index contributed by atoms with van der Waals surface area (Å²) in [6.45, 7) is 9.04. The van der Waals surface area contributed by atoms with E-state index in [4.69, 9.17) is 0 Å². The molecular formula is C15H30. The van der Waals surface area contributed by atoms with Gasteiger partial charge >= 0.3 is 0 Å². The summed E-state index contributed by atoms with van der Waals surface area (Å²) < 4.78 is 0. The number of hydrogen-bond acceptors (Lipinski definition) is 0. The SMILES string of the molecule is CCC(C)CCCCCCCC=C(C)C. The molecule has 0 aliphatic heterocycles. The van der Waals surface area contributed by atoms with Crippen molar-refractivity contribution in [3.8, 4) is 0 Å². The standard InChI is InChI=1S/C15H30/c1-5-15(4)13-11-9-7-6-8-10-12-14(2)3/h12,15H,5-11,13H2,1-4H3. The maximum Gasteiger partial charge on any atom is -0.0348 e. The molecule has 0 fully saturated rings. The van der Waals surface area contributed by atoms with Gasteiger partial charge in [0.2, 0.25) is 0 Å². The molecule has 90 valence electrons. The van der Waals surface area contributed by atoms with Crippen molar-refractivity contribution < 1.29 is 0 Å². The summed E-state index contributed by atoms with van der Waals surface area (Å²) in [5, 5.41) is 0. The van der Waals surface area contributed by atoms with Crippen molar-refractivity contribution in [2.75, 3.05) is 0 Å². The smallest absolute Gasteiger partial charge is 0.0348 e. The molecule has 0 heteroatoms. The second-order valence-corrected chi connectivity index (χ2v) is 5.14. The molecule has 0 heterocycles. The van der Waals surface area contributed by atoms with E-state index in [0.29, 0.717) is 0 Å². The zero-order valence-electron chi connectivity index (χ0n) is 11.3. The first-order valence-electron chi connectivity index (χ1n) is 6.80. The molecule has 0 aromatic heterocycles. The van der Waals surface area contributed by atoms with Crippen molar-refractivity contribution in [3.63, 3.8) is 0 Å². The van der Waals surface area contributed by atoms with Crippen LogP contribution in [0.15, 0.2) is 11.6 Å². The van der Waals surface area contributed by atoms with E-state index in [1.54, 1.807) is 0 Å². The first-order valence-corrected chi connectivity index (χ1v) is 6.80. The van der Waals surface area contributed by atoms with E-state index in [-0.39, 0.29) is 0 Å². The Hall–Kier alpha value is -0.260. The van der Waals surface area contributed by atoms with Crippen LogP contribution in [-0.2, 0) is 0 Å². The Kier molecular flexibility index (Phi) is 10.1. The summed E-state index contributed by atoms with van der Waals surface area (Å²) in [6.07, 6.45) is 13.6. The lowest BCUT2D eigenvalue weighted by Gasteiger charge is -2.07. The van der Waals surface area contributed by atoms with Gasteiger partial charge in [0.25, 0.3) is 0 Å². The normalized spacial score (nSPS) is 12.5. The molecule has 0 spiro atoms. The Morgan fingerprint density at radius 3 is 2.20 bits per heavy atom. The molecule has 0 aliphatic rings. The molecule has 1 unspecified atom stereocenters. The highest BCUT2D eigenvalue weighted by Gasteiger charge is 1.97. The zero-order valence-corrected chi connectivity index (χ0v) is 11.3. The quantitative estimate of drug-likeness (QED) is 0.337. The minimum Gasteiger partial charge on any atom is -0.0859 e.